The molecule has 0 aliphatic rings. The molecule has 0 bridgehead atoms. The van der Waals surface area contributed by atoms with Crippen molar-refractivity contribution in [3.05, 3.63) is 29.0 Å². The van der Waals surface area contributed by atoms with Gasteiger partial charge in [-0.3, -0.25) is 3.97 Å². The van der Waals surface area contributed by atoms with E-state index in [-0.39, 0.29) is 0 Å². The molecule has 2 aromatic heterocycles. The Bertz CT molecular complexity index is 415. The van der Waals surface area contributed by atoms with Gasteiger partial charge in [0.05, 0.1) is 0 Å². The third kappa shape index (κ3) is 1.49. The normalized spacial score (nSPS) is 10.8. The van der Waals surface area contributed by atoms with E-state index in [0.717, 1.165) is 15.5 Å². The predicted octanol–water partition coefficient (Wildman–Crippen LogP) is 3.65. The lowest BCUT2D eigenvalue weighted by Crippen LogP contribution is -1.82. The number of hydrogen-bond acceptors (Lipinski definition) is 2. The fourth-order valence-corrected chi connectivity index (χ4v) is 2.66. The number of aromatic nitrogens is 2. The van der Waals surface area contributed by atoms with Gasteiger partial charge < -0.3 is 0 Å². The largest absolute Gasteiger partial charge is 0.266 e. The molecular weight excluding hydrogens is 351 g/mol. The second-order valence-corrected chi connectivity index (χ2v) is 4.91. The number of hydrogen-bond donors (Lipinski definition) is 0. The van der Waals surface area contributed by atoms with Gasteiger partial charge in [-0.05, 0) is 28.1 Å². The quantitative estimate of drug-likeness (QED) is 0.727. The van der Waals surface area contributed by atoms with E-state index in [2.05, 4.69) is 54.3 Å². The molecule has 0 aromatic carbocycles. The highest BCUT2D eigenvalue weighted by Gasteiger charge is 2.01. The van der Waals surface area contributed by atoms with Gasteiger partial charge in [-0.15, -0.1) is 0 Å². The predicted molar refractivity (Wildman–Crippen MR) is 64.4 cm³/mol. The minimum Gasteiger partial charge on any atom is -0.266 e. The van der Waals surface area contributed by atoms with Gasteiger partial charge in [0.15, 0.2) is 5.65 Å². The molecule has 0 aliphatic carbocycles. The van der Waals surface area contributed by atoms with Crippen molar-refractivity contribution >= 4 is 57.3 Å². The molecular formula is C7H4BrIN2S. The monoisotopic (exact) mass is 354 g/mol. The standard InChI is InChI=1S/C7H4BrIN2S/c8-6-3-5-1-2-11(12-9)7(5)10-4-6/h1-4H. The molecule has 0 saturated heterocycles. The summed E-state index contributed by atoms with van der Waals surface area (Å²) in [5, 5.41) is 1.16. The highest BCUT2D eigenvalue weighted by Crippen LogP contribution is 2.24. The number of fused-ring (bicyclic) bond motifs is 1. The van der Waals surface area contributed by atoms with Crippen LogP contribution in [0.1, 0.15) is 0 Å². The van der Waals surface area contributed by atoms with E-state index in [9.17, 15) is 0 Å². The highest BCUT2D eigenvalue weighted by atomic mass is 127. The van der Waals surface area contributed by atoms with E-state index >= 15 is 0 Å². The van der Waals surface area contributed by atoms with Crippen molar-refractivity contribution in [1.29, 1.82) is 0 Å². The van der Waals surface area contributed by atoms with Crippen LogP contribution in [0.15, 0.2) is 29.0 Å². The van der Waals surface area contributed by atoms with E-state index in [0.29, 0.717) is 0 Å². The summed E-state index contributed by atoms with van der Waals surface area (Å²) in [6.45, 7) is 0. The smallest absolute Gasteiger partial charge is 0.150 e. The van der Waals surface area contributed by atoms with Gasteiger partial charge in [0.1, 0.15) is 0 Å². The first kappa shape index (κ1) is 8.83. The second kappa shape index (κ2) is 3.55. The zero-order valence-corrected chi connectivity index (χ0v) is 10.4. The highest BCUT2D eigenvalue weighted by molar-refractivity contribution is 14.2. The summed E-state index contributed by atoms with van der Waals surface area (Å²) < 4.78 is 3.05. The van der Waals surface area contributed by atoms with Crippen LogP contribution in [0.2, 0.25) is 0 Å². The summed E-state index contributed by atoms with van der Waals surface area (Å²) in [4.78, 5) is 4.30. The summed E-state index contributed by atoms with van der Waals surface area (Å²) >= 11 is 5.62. The maximum Gasteiger partial charge on any atom is 0.150 e. The van der Waals surface area contributed by atoms with E-state index in [1.165, 1.54) is 0 Å². The summed E-state index contributed by atoms with van der Waals surface area (Å²) in [5.41, 5.74) is 1.01. The zero-order valence-electron chi connectivity index (χ0n) is 5.87. The molecule has 0 spiro atoms. The van der Waals surface area contributed by atoms with Crippen LogP contribution >= 0.6 is 46.3 Å². The molecule has 0 fully saturated rings. The van der Waals surface area contributed by atoms with E-state index in [4.69, 9.17) is 0 Å². The van der Waals surface area contributed by atoms with Crippen molar-refractivity contribution in [2.45, 2.75) is 0 Å². The maximum atomic E-state index is 4.30. The molecule has 2 aromatic rings. The van der Waals surface area contributed by atoms with Crippen LogP contribution in [-0.4, -0.2) is 8.96 Å². The van der Waals surface area contributed by atoms with Crippen LogP contribution in [0, 0.1) is 0 Å². The Balaban J connectivity index is 2.73. The summed E-state index contributed by atoms with van der Waals surface area (Å²) in [7, 11) is 1.62. The molecule has 12 heavy (non-hydrogen) atoms. The molecule has 62 valence electrons. The van der Waals surface area contributed by atoms with E-state index in [1.807, 2.05) is 16.4 Å². The fraction of sp³-hybridized carbons (Fsp3) is 0. The van der Waals surface area contributed by atoms with Crippen molar-refractivity contribution in [1.82, 2.24) is 8.96 Å². The molecule has 0 unspecified atom stereocenters. The minimum absolute atomic E-state index is 1.01. The van der Waals surface area contributed by atoms with Crippen LogP contribution in [0.4, 0.5) is 0 Å². The molecule has 0 amide bonds. The van der Waals surface area contributed by atoms with Gasteiger partial charge in [0.25, 0.3) is 0 Å². The Labute approximate surface area is 94.6 Å². The SMILES string of the molecule is Brc1cnc2c(ccn2SI)c1. The molecule has 0 atom stereocenters. The molecule has 0 aliphatic heterocycles. The summed E-state index contributed by atoms with van der Waals surface area (Å²) in [6, 6.07) is 4.12. The number of halogens is 2. The van der Waals surface area contributed by atoms with Gasteiger partial charge in [-0.1, -0.05) is 0 Å². The van der Waals surface area contributed by atoms with Gasteiger partial charge in [-0.2, -0.15) is 0 Å². The first-order chi connectivity index (χ1) is 5.81. The van der Waals surface area contributed by atoms with Crippen LogP contribution in [-0.2, 0) is 0 Å². The lowest BCUT2D eigenvalue weighted by Gasteiger charge is -1.95. The third-order valence-electron chi connectivity index (χ3n) is 1.53. The molecule has 2 rings (SSSR count). The third-order valence-corrected chi connectivity index (χ3v) is 3.68. The lowest BCUT2D eigenvalue weighted by molar-refractivity contribution is 1.26. The van der Waals surface area contributed by atoms with Crippen molar-refractivity contribution in [2.75, 3.05) is 0 Å². The lowest BCUT2D eigenvalue weighted by atomic mass is 10.3. The van der Waals surface area contributed by atoms with Gasteiger partial charge in [-0.25, -0.2) is 4.98 Å². The van der Waals surface area contributed by atoms with Crippen molar-refractivity contribution in [2.24, 2.45) is 0 Å². The Morgan fingerprint density at radius 1 is 1.58 bits per heavy atom. The summed E-state index contributed by atoms with van der Waals surface area (Å²) in [6.07, 6.45) is 3.83. The Morgan fingerprint density at radius 2 is 2.42 bits per heavy atom. The molecule has 2 nitrogen and oxygen atoms in total. The molecule has 0 saturated carbocycles. The second-order valence-electron chi connectivity index (χ2n) is 2.28. The Kier molecular flexibility index (Phi) is 2.61. The molecule has 0 radical (unpaired) electrons. The van der Waals surface area contributed by atoms with Crippen LogP contribution in [0.25, 0.3) is 11.0 Å². The van der Waals surface area contributed by atoms with E-state index in [1.54, 1.807) is 9.12 Å². The number of nitrogens with zero attached hydrogens (tertiary/aromatic N) is 2. The first-order valence-electron chi connectivity index (χ1n) is 3.23. The molecule has 0 N–H and O–H groups in total. The molecule has 5 heteroatoms. The van der Waals surface area contributed by atoms with Crippen molar-refractivity contribution in [3.8, 4) is 0 Å². The number of pyridine rings is 1. The van der Waals surface area contributed by atoms with Gasteiger partial charge >= 0.3 is 0 Å². The number of rotatable bonds is 1. The topological polar surface area (TPSA) is 17.8 Å². The zero-order chi connectivity index (χ0) is 8.55. The molecule has 2 heterocycles. The maximum absolute atomic E-state index is 4.30. The summed E-state index contributed by atoms with van der Waals surface area (Å²) in [5.74, 6) is 0. The van der Waals surface area contributed by atoms with Crippen LogP contribution < -0.4 is 0 Å². The minimum atomic E-state index is 1.01. The van der Waals surface area contributed by atoms with Crippen LogP contribution in [0.3, 0.4) is 0 Å². The Morgan fingerprint density at radius 3 is 3.17 bits per heavy atom. The van der Waals surface area contributed by atoms with Gasteiger partial charge in [0, 0.05) is 52.6 Å². The average molecular weight is 355 g/mol. The average Bonchev–Trinajstić information content (AvgIpc) is 2.46. The fourth-order valence-electron chi connectivity index (χ4n) is 1.03. The van der Waals surface area contributed by atoms with Crippen molar-refractivity contribution < 1.29 is 0 Å². The first-order valence-corrected chi connectivity index (χ1v) is 7.34. The van der Waals surface area contributed by atoms with Crippen molar-refractivity contribution in [3.63, 3.8) is 0 Å². The Hall–Kier alpha value is 0.250. The van der Waals surface area contributed by atoms with Gasteiger partial charge in [0.2, 0.25) is 0 Å². The van der Waals surface area contributed by atoms with Crippen LogP contribution in [0.5, 0.6) is 0 Å². The van der Waals surface area contributed by atoms with E-state index < -0.39 is 0 Å².